The van der Waals surface area contributed by atoms with Crippen molar-refractivity contribution < 1.29 is 43.4 Å². The van der Waals surface area contributed by atoms with Gasteiger partial charge in [0.1, 0.15) is 0 Å². The average Bonchev–Trinajstić information content (AvgIpc) is 3.21. The topological polar surface area (TPSA) is 113 Å². The van der Waals surface area contributed by atoms with E-state index >= 15 is 0 Å². The van der Waals surface area contributed by atoms with Gasteiger partial charge in [-0.3, -0.25) is 0 Å². The maximum absolute atomic E-state index is 11.6. The zero-order chi connectivity index (χ0) is 21.3. The maximum atomic E-state index is 11.6. The molecule has 30 heavy (non-hydrogen) atoms. The molecule has 0 aliphatic carbocycles. The molecule has 0 saturated carbocycles. The number of hydrogen-bond donors (Lipinski definition) is 2. The van der Waals surface area contributed by atoms with Gasteiger partial charge in [-0.25, -0.2) is 4.79 Å². The van der Waals surface area contributed by atoms with E-state index in [1.807, 2.05) is 25.1 Å². The molecular formula is C21H28O9. The van der Waals surface area contributed by atoms with Gasteiger partial charge in [0.15, 0.2) is 11.5 Å². The van der Waals surface area contributed by atoms with E-state index in [0.717, 1.165) is 5.56 Å². The zero-order valence-electron chi connectivity index (χ0n) is 17.0. The number of carboxylic acids is 1. The average molecular weight is 424 g/mol. The molecule has 0 spiro atoms. The second kappa shape index (κ2) is 11.2. The van der Waals surface area contributed by atoms with Gasteiger partial charge in [-0.2, -0.15) is 0 Å². The second-order valence-electron chi connectivity index (χ2n) is 6.82. The van der Waals surface area contributed by atoms with Gasteiger partial charge in [0.2, 0.25) is 18.8 Å². The molecule has 2 aliphatic rings. The monoisotopic (exact) mass is 424 g/mol. The molecule has 2 heterocycles. The summed E-state index contributed by atoms with van der Waals surface area (Å²) in [6, 6.07) is 5.59. The van der Waals surface area contributed by atoms with E-state index in [9.17, 15) is 9.90 Å². The highest BCUT2D eigenvalue weighted by atomic mass is 16.7. The van der Waals surface area contributed by atoms with Crippen LogP contribution in [0, 0.1) is 5.92 Å². The van der Waals surface area contributed by atoms with Crippen molar-refractivity contribution in [2.75, 3.05) is 46.4 Å². The predicted molar refractivity (Wildman–Crippen MR) is 104 cm³/mol. The first-order valence-electron chi connectivity index (χ1n) is 10.0. The van der Waals surface area contributed by atoms with Crippen LogP contribution in [0.15, 0.2) is 30.0 Å². The fraction of sp³-hybridized carbons (Fsp3) is 0.571. The van der Waals surface area contributed by atoms with Gasteiger partial charge in [0.05, 0.1) is 26.4 Å². The number of fused-ring (bicyclic) bond motifs is 1. The van der Waals surface area contributed by atoms with E-state index in [1.54, 1.807) is 6.08 Å². The Labute approximate surface area is 175 Å². The minimum atomic E-state index is -1.14. The van der Waals surface area contributed by atoms with Crippen LogP contribution in [-0.4, -0.2) is 68.9 Å². The molecule has 0 bridgehead atoms. The predicted octanol–water partition coefficient (Wildman–Crippen LogP) is 1.89. The summed E-state index contributed by atoms with van der Waals surface area (Å²) in [5.74, 6) is -0.394. The van der Waals surface area contributed by atoms with Crippen LogP contribution in [0.5, 0.6) is 11.5 Å². The number of allylic oxidation sites excluding steroid dienone is 1. The van der Waals surface area contributed by atoms with Gasteiger partial charge >= 0.3 is 5.97 Å². The summed E-state index contributed by atoms with van der Waals surface area (Å²) in [5.41, 5.74) is 0.891. The molecule has 2 aliphatic heterocycles. The molecule has 0 aromatic heterocycles. The lowest BCUT2D eigenvalue weighted by Crippen LogP contribution is -2.37. The number of ether oxygens (including phenoxy) is 6. The van der Waals surface area contributed by atoms with Crippen molar-refractivity contribution in [1.29, 1.82) is 0 Å². The highest BCUT2D eigenvalue weighted by Crippen LogP contribution is 2.42. The Morgan fingerprint density at radius 3 is 2.63 bits per heavy atom. The van der Waals surface area contributed by atoms with Crippen molar-refractivity contribution in [3.63, 3.8) is 0 Å². The van der Waals surface area contributed by atoms with Gasteiger partial charge in [-0.05, 0) is 37.1 Å². The van der Waals surface area contributed by atoms with Crippen molar-refractivity contribution in [1.82, 2.24) is 0 Å². The largest absolute Gasteiger partial charge is 0.475 e. The van der Waals surface area contributed by atoms with Crippen LogP contribution < -0.4 is 9.47 Å². The fourth-order valence-corrected chi connectivity index (χ4v) is 3.54. The SMILES string of the molecule is CCO[C@@H]1OC(C(=O)O)=C[C@H](c2ccc3c(c2)OCO3)[C@@H]1CCOCCOCCO. The normalized spacial score (nSPS) is 22.5. The van der Waals surface area contributed by atoms with Gasteiger partial charge < -0.3 is 38.6 Å². The number of benzene rings is 1. The smallest absolute Gasteiger partial charge is 0.370 e. The lowest BCUT2D eigenvalue weighted by molar-refractivity contribution is -0.174. The van der Waals surface area contributed by atoms with Crippen molar-refractivity contribution in [3.8, 4) is 11.5 Å². The maximum Gasteiger partial charge on any atom is 0.370 e. The highest BCUT2D eigenvalue weighted by Gasteiger charge is 2.38. The van der Waals surface area contributed by atoms with Gasteiger partial charge in [-0.1, -0.05) is 6.07 Å². The van der Waals surface area contributed by atoms with E-state index in [2.05, 4.69) is 0 Å². The van der Waals surface area contributed by atoms with Crippen molar-refractivity contribution >= 4 is 5.97 Å². The molecule has 1 aromatic carbocycles. The molecule has 9 heteroatoms. The van der Waals surface area contributed by atoms with Gasteiger partial charge in [0.25, 0.3) is 0 Å². The minimum absolute atomic E-state index is 0.0229. The number of carbonyl (C=O) groups is 1. The quantitative estimate of drug-likeness (QED) is 0.486. The lowest BCUT2D eigenvalue weighted by atomic mass is 9.81. The summed E-state index contributed by atoms with van der Waals surface area (Å²) in [6.45, 7) is 3.87. The van der Waals surface area contributed by atoms with Gasteiger partial charge in [0, 0.05) is 25.0 Å². The van der Waals surface area contributed by atoms with Crippen LogP contribution >= 0.6 is 0 Å². The van der Waals surface area contributed by atoms with Crippen molar-refractivity contribution in [3.05, 3.63) is 35.6 Å². The third-order valence-electron chi connectivity index (χ3n) is 4.91. The van der Waals surface area contributed by atoms with E-state index in [-0.39, 0.29) is 37.6 Å². The molecule has 1 aromatic rings. The first-order valence-corrected chi connectivity index (χ1v) is 10.0. The Morgan fingerprint density at radius 1 is 1.13 bits per heavy atom. The summed E-state index contributed by atoms with van der Waals surface area (Å²) in [5, 5.41) is 18.2. The van der Waals surface area contributed by atoms with E-state index in [1.165, 1.54) is 0 Å². The van der Waals surface area contributed by atoms with Crippen LogP contribution in [0.3, 0.4) is 0 Å². The molecule has 9 nitrogen and oxygen atoms in total. The minimum Gasteiger partial charge on any atom is -0.475 e. The van der Waals surface area contributed by atoms with Crippen LogP contribution in [0.1, 0.15) is 24.8 Å². The molecule has 0 radical (unpaired) electrons. The summed E-state index contributed by atoms with van der Waals surface area (Å²) in [6.07, 6.45) is 1.49. The third kappa shape index (κ3) is 5.63. The number of aliphatic hydroxyl groups excluding tert-OH is 1. The van der Waals surface area contributed by atoms with Crippen LogP contribution in [0.25, 0.3) is 0 Å². The number of aliphatic carboxylic acids is 1. The Bertz CT molecular complexity index is 733. The number of aliphatic hydroxyl groups is 1. The van der Waals surface area contributed by atoms with Crippen molar-refractivity contribution in [2.45, 2.75) is 25.6 Å². The van der Waals surface area contributed by atoms with E-state index in [0.29, 0.717) is 44.3 Å². The van der Waals surface area contributed by atoms with E-state index < -0.39 is 12.3 Å². The molecule has 3 atom stereocenters. The van der Waals surface area contributed by atoms with E-state index in [4.69, 9.17) is 33.5 Å². The Balaban J connectivity index is 1.75. The molecule has 3 rings (SSSR count). The Morgan fingerprint density at radius 2 is 1.90 bits per heavy atom. The molecule has 0 fully saturated rings. The van der Waals surface area contributed by atoms with Crippen LogP contribution in [0.4, 0.5) is 0 Å². The summed E-state index contributed by atoms with van der Waals surface area (Å²) in [4.78, 5) is 11.6. The highest BCUT2D eigenvalue weighted by molar-refractivity contribution is 5.84. The van der Waals surface area contributed by atoms with Crippen LogP contribution in [-0.2, 0) is 23.7 Å². The first-order chi connectivity index (χ1) is 14.6. The number of rotatable bonds is 12. The summed E-state index contributed by atoms with van der Waals surface area (Å²) >= 11 is 0. The fourth-order valence-electron chi connectivity index (χ4n) is 3.54. The number of carboxylic acid groups (broad SMARTS) is 1. The second-order valence-corrected chi connectivity index (χ2v) is 6.82. The summed E-state index contributed by atoms with van der Waals surface area (Å²) in [7, 11) is 0. The standard InChI is InChI=1S/C21H28O9/c1-2-27-21-15(5-7-25-9-10-26-8-6-22)16(12-19(30-21)20(23)24)14-3-4-17-18(11-14)29-13-28-17/h3-4,11-12,15-16,21-22H,2,5-10,13H2,1H3,(H,23,24)/t15-,16+,21+/m0/s1. The Hall–Kier alpha value is -2.33. The summed E-state index contributed by atoms with van der Waals surface area (Å²) < 4.78 is 33.1. The Kier molecular flexibility index (Phi) is 8.32. The third-order valence-corrected chi connectivity index (χ3v) is 4.91. The molecule has 0 unspecified atom stereocenters. The van der Waals surface area contributed by atoms with Gasteiger partial charge in [-0.15, -0.1) is 0 Å². The number of hydrogen-bond acceptors (Lipinski definition) is 8. The zero-order valence-corrected chi connectivity index (χ0v) is 17.0. The molecule has 0 amide bonds. The van der Waals surface area contributed by atoms with Crippen LogP contribution in [0.2, 0.25) is 0 Å². The molecule has 166 valence electrons. The van der Waals surface area contributed by atoms with Crippen molar-refractivity contribution in [2.24, 2.45) is 5.92 Å². The molecule has 0 saturated heterocycles. The lowest BCUT2D eigenvalue weighted by Gasteiger charge is -2.36. The molecule has 2 N–H and O–H groups in total. The first kappa shape index (κ1) is 22.4. The molecular weight excluding hydrogens is 396 g/mol.